The lowest BCUT2D eigenvalue weighted by atomic mass is 9.97. The number of carbonyl (C=O) groups is 1. The number of aliphatic hydroxyl groups is 6. The van der Waals surface area contributed by atoms with Crippen LogP contribution in [0.25, 0.3) is 28.4 Å². The van der Waals surface area contributed by atoms with Crippen LogP contribution in [0.5, 0.6) is 40.2 Å². The van der Waals surface area contributed by atoms with E-state index in [0.717, 1.165) is 18.2 Å². The highest BCUT2D eigenvalue weighted by Crippen LogP contribution is 2.40. The number of methoxy groups -OCH3 is 2. The summed E-state index contributed by atoms with van der Waals surface area (Å²) >= 11 is 0. The number of hydrogen-bond acceptors (Lipinski definition) is 20. The molecule has 0 amide bonds. The third-order valence-electron chi connectivity index (χ3n) is 9.39. The van der Waals surface area contributed by atoms with Crippen molar-refractivity contribution in [3.63, 3.8) is 0 Å². The molecule has 10 N–H and O–H groups in total. The summed E-state index contributed by atoms with van der Waals surface area (Å²) in [6.07, 6.45) is -16.7. The molecule has 0 bridgehead atoms. The Bertz CT molecular complexity index is 2160. The van der Waals surface area contributed by atoms with Crippen LogP contribution in [0.15, 0.2) is 63.8 Å². The first-order chi connectivity index (χ1) is 27.7. The number of rotatable bonds is 12. The SMILES string of the molecule is COc1cc(C=CC(=O)OC2C(OC3C(Oc4c(-c5ccc(O)cc5)oc5cc(O)cc(O)c5c4=O)OC(CO)C(O)C3O)OC(CO)C(O)C2O)cc(OC)c1O. The molecule has 20 nitrogen and oxygen atoms in total. The van der Waals surface area contributed by atoms with E-state index >= 15 is 0 Å². The molecule has 2 saturated heterocycles. The summed E-state index contributed by atoms with van der Waals surface area (Å²) in [6, 6.07) is 9.81. The zero-order valence-electron chi connectivity index (χ0n) is 30.5. The first kappa shape index (κ1) is 41.9. The van der Waals surface area contributed by atoms with Crippen molar-refractivity contribution < 1.29 is 93.4 Å². The summed E-state index contributed by atoms with van der Waals surface area (Å²) in [5, 5.41) is 104. The highest BCUT2D eigenvalue weighted by Gasteiger charge is 2.53. The fraction of sp³-hybridized carbons (Fsp3) is 0.368. The maximum absolute atomic E-state index is 14.0. The van der Waals surface area contributed by atoms with Crippen LogP contribution < -0.4 is 19.6 Å². The lowest BCUT2D eigenvalue weighted by molar-refractivity contribution is -0.358. The number of phenols is 4. The zero-order valence-corrected chi connectivity index (χ0v) is 30.5. The lowest BCUT2D eigenvalue weighted by Crippen LogP contribution is -2.65. The third kappa shape index (κ3) is 8.32. The quantitative estimate of drug-likeness (QED) is 0.0640. The Morgan fingerprint density at radius 3 is 1.93 bits per heavy atom. The van der Waals surface area contributed by atoms with E-state index in [1.165, 1.54) is 56.7 Å². The molecule has 3 heterocycles. The Kier molecular flexibility index (Phi) is 12.6. The number of benzene rings is 3. The normalized spacial score (nSPS) is 27.4. The van der Waals surface area contributed by atoms with E-state index < -0.39 is 109 Å². The number of ether oxygens (including phenoxy) is 7. The van der Waals surface area contributed by atoms with Gasteiger partial charge in [-0.25, -0.2) is 4.79 Å². The minimum absolute atomic E-state index is 0.0125. The fourth-order valence-corrected chi connectivity index (χ4v) is 6.38. The highest BCUT2D eigenvalue weighted by atomic mass is 16.8. The van der Waals surface area contributed by atoms with Gasteiger partial charge in [-0.3, -0.25) is 4.79 Å². The van der Waals surface area contributed by atoms with E-state index in [1.807, 2.05) is 0 Å². The molecule has 2 aliphatic rings. The Hall–Kier alpha value is -5.68. The van der Waals surface area contributed by atoms with Crippen molar-refractivity contribution in [2.45, 2.75) is 61.4 Å². The molecule has 2 fully saturated rings. The Morgan fingerprint density at radius 1 is 0.759 bits per heavy atom. The van der Waals surface area contributed by atoms with Crippen LogP contribution in [0.1, 0.15) is 5.56 Å². The van der Waals surface area contributed by atoms with Gasteiger partial charge in [0.1, 0.15) is 64.8 Å². The van der Waals surface area contributed by atoms with Crippen molar-refractivity contribution in [2.24, 2.45) is 0 Å². The van der Waals surface area contributed by atoms with Crippen molar-refractivity contribution in [3.05, 3.63) is 70.4 Å². The third-order valence-corrected chi connectivity index (χ3v) is 9.39. The zero-order chi connectivity index (χ0) is 42.0. The summed E-state index contributed by atoms with van der Waals surface area (Å²) in [5.41, 5.74) is -0.924. The molecular weight excluding hydrogens is 776 g/mol. The van der Waals surface area contributed by atoms with Crippen molar-refractivity contribution in [1.82, 2.24) is 0 Å². The second-order valence-electron chi connectivity index (χ2n) is 13.1. The van der Waals surface area contributed by atoms with E-state index in [-0.39, 0.29) is 39.9 Å². The molecule has 20 heteroatoms. The molecular formula is C38H40O20. The number of aromatic hydroxyl groups is 4. The molecule has 312 valence electrons. The minimum Gasteiger partial charge on any atom is -0.508 e. The molecule has 3 aromatic carbocycles. The van der Waals surface area contributed by atoms with Crippen molar-refractivity contribution in [1.29, 1.82) is 0 Å². The van der Waals surface area contributed by atoms with Crippen LogP contribution in [0.4, 0.5) is 0 Å². The topological polar surface area (TPSA) is 314 Å². The van der Waals surface area contributed by atoms with Crippen LogP contribution in [0.2, 0.25) is 0 Å². The van der Waals surface area contributed by atoms with E-state index in [0.29, 0.717) is 5.56 Å². The van der Waals surface area contributed by atoms with Gasteiger partial charge in [0.15, 0.2) is 35.8 Å². The predicted octanol–water partition coefficient (Wildman–Crippen LogP) is -0.433. The van der Waals surface area contributed by atoms with Gasteiger partial charge in [0.25, 0.3) is 0 Å². The van der Waals surface area contributed by atoms with Crippen molar-refractivity contribution in [3.8, 4) is 51.6 Å². The van der Waals surface area contributed by atoms with Crippen LogP contribution >= 0.6 is 0 Å². The number of phenolic OH excluding ortho intramolecular Hbond substituents is 4. The average molecular weight is 817 g/mol. The Balaban J connectivity index is 1.36. The Labute approximate surface area is 327 Å². The van der Waals surface area contributed by atoms with Gasteiger partial charge in [-0.2, -0.15) is 0 Å². The van der Waals surface area contributed by atoms with Gasteiger partial charge in [0, 0.05) is 23.8 Å². The number of fused-ring (bicyclic) bond motifs is 1. The molecule has 4 aromatic rings. The van der Waals surface area contributed by atoms with Crippen LogP contribution in [0, 0.1) is 0 Å². The molecule has 1 aromatic heterocycles. The number of esters is 1. The van der Waals surface area contributed by atoms with E-state index in [4.69, 9.17) is 37.6 Å². The van der Waals surface area contributed by atoms with Crippen molar-refractivity contribution in [2.75, 3.05) is 27.4 Å². The standard InChI is InChI=1S/C38H40O20/c1-51-21-9-15(10-22(52-2)27(21)45)3-8-25(44)56-35-31(49)28(46)23(13-39)54-37(35)58-36-32(50)29(47)24(14-40)55-38(36)57-34-30(48)26-19(43)11-18(42)12-20(26)53-33(34)16-4-6-17(41)7-5-16/h3-12,23-24,28-29,31-32,35-43,45-47,49-50H,13-14H2,1-2H3. The predicted molar refractivity (Wildman–Crippen MR) is 194 cm³/mol. The molecule has 0 aliphatic carbocycles. The maximum Gasteiger partial charge on any atom is 0.331 e. The van der Waals surface area contributed by atoms with E-state index in [1.54, 1.807) is 0 Å². The molecule has 10 atom stereocenters. The van der Waals surface area contributed by atoms with Gasteiger partial charge in [0.05, 0.1) is 27.4 Å². The number of aliphatic hydroxyl groups excluding tert-OH is 6. The summed E-state index contributed by atoms with van der Waals surface area (Å²) in [4.78, 5) is 27.2. The number of hydrogen-bond donors (Lipinski definition) is 10. The second-order valence-corrected chi connectivity index (χ2v) is 13.1. The first-order valence-corrected chi connectivity index (χ1v) is 17.4. The smallest absolute Gasteiger partial charge is 0.331 e. The minimum atomic E-state index is -2.05. The van der Waals surface area contributed by atoms with E-state index in [2.05, 4.69) is 0 Å². The lowest BCUT2D eigenvalue weighted by Gasteiger charge is -2.46. The molecule has 0 radical (unpaired) electrons. The van der Waals surface area contributed by atoms with Gasteiger partial charge in [0.2, 0.25) is 23.2 Å². The average Bonchev–Trinajstić information content (AvgIpc) is 3.20. The largest absolute Gasteiger partial charge is 0.508 e. The van der Waals surface area contributed by atoms with Crippen LogP contribution in [-0.2, 0) is 23.7 Å². The molecule has 2 aliphatic heterocycles. The van der Waals surface area contributed by atoms with Crippen LogP contribution in [-0.4, -0.2) is 146 Å². The second kappa shape index (κ2) is 17.4. The summed E-state index contributed by atoms with van der Waals surface area (Å²) in [6.45, 7) is -1.79. The number of carbonyl (C=O) groups excluding carboxylic acids is 1. The van der Waals surface area contributed by atoms with Gasteiger partial charge in [-0.05, 0) is 48.0 Å². The van der Waals surface area contributed by atoms with Crippen molar-refractivity contribution >= 4 is 23.0 Å². The van der Waals surface area contributed by atoms with Crippen LogP contribution in [0.3, 0.4) is 0 Å². The maximum atomic E-state index is 14.0. The molecule has 10 unspecified atom stereocenters. The summed E-state index contributed by atoms with van der Waals surface area (Å²) < 4.78 is 44.9. The summed E-state index contributed by atoms with van der Waals surface area (Å²) in [5.74, 6) is -3.80. The highest BCUT2D eigenvalue weighted by molar-refractivity contribution is 5.89. The van der Waals surface area contributed by atoms with Gasteiger partial charge in [-0.1, -0.05) is 0 Å². The van der Waals surface area contributed by atoms with Gasteiger partial charge >= 0.3 is 5.97 Å². The van der Waals surface area contributed by atoms with E-state index in [9.17, 15) is 60.7 Å². The molecule has 0 spiro atoms. The summed E-state index contributed by atoms with van der Waals surface area (Å²) in [7, 11) is 2.59. The molecule has 0 saturated carbocycles. The Morgan fingerprint density at radius 2 is 1.34 bits per heavy atom. The monoisotopic (exact) mass is 816 g/mol. The first-order valence-electron chi connectivity index (χ1n) is 17.4. The fourth-order valence-electron chi connectivity index (χ4n) is 6.38. The molecule has 58 heavy (non-hydrogen) atoms. The molecule has 6 rings (SSSR count). The van der Waals surface area contributed by atoms with Gasteiger partial charge in [-0.15, -0.1) is 0 Å². The van der Waals surface area contributed by atoms with Gasteiger partial charge < -0.3 is 88.6 Å².